The number of aryl methyl sites for hydroxylation is 1. The number of para-hydroxylation sites is 1. The summed E-state index contributed by atoms with van der Waals surface area (Å²) in [5.41, 5.74) is 0.0470. The highest BCUT2D eigenvalue weighted by Gasteiger charge is 2.22. The Bertz CT molecular complexity index is 1080. The van der Waals surface area contributed by atoms with E-state index >= 15 is 0 Å². The van der Waals surface area contributed by atoms with E-state index in [4.69, 9.17) is 23.2 Å². The van der Waals surface area contributed by atoms with Crippen LogP contribution in [0.3, 0.4) is 0 Å². The summed E-state index contributed by atoms with van der Waals surface area (Å²) in [7, 11) is 0. The number of benzene rings is 2. The van der Waals surface area contributed by atoms with Crippen molar-refractivity contribution in [2.45, 2.75) is 26.3 Å². The first-order valence-electron chi connectivity index (χ1n) is 8.55. The molecule has 0 fully saturated rings. The Morgan fingerprint density at radius 3 is 2.63 bits per heavy atom. The molecule has 7 heteroatoms. The predicted octanol–water partition coefficient (Wildman–Crippen LogP) is 5.07. The summed E-state index contributed by atoms with van der Waals surface area (Å²) in [6, 6.07) is 11.6. The normalized spacial score (nSPS) is 10.9. The molecule has 27 heavy (non-hydrogen) atoms. The highest BCUT2D eigenvalue weighted by atomic mass is 35.5. The Morgan fingerprint density at radius 2 is 1.93 bits per heavy atom. The maximum Gasteiger partial charge on any atom is 0.267 e. The Kier molecular flexibility index (Phi) is 5.73. The lowest BCUT2D eigenvalue weighted by atomic mass is 10.1. The fourth-order valence-electron chi connectivity index (χ4n) is 2.91. The topological polar surface area (TPSA) is 71.3 Å². The first-order chi connectivity index (χ1) is 12.9. The molecule has 2 N–H and O–H groups in total. The van der Waals surface area contributed by atoms with Crippen molar-refractivity contribution in [2.24, 2.45) is 0 Å². The average molecular weight is 405 g/mol. The first-order valence-corrected chi connectivity index (χ1v) is 9.30. The van der Waals surface area contributed by atoms with E-state index < -0.39 is 11.5 Å². The number of nitrogens with zero attached hydrogens (tertiary/aromatic N) is 1. The molecule has 0 aliphatic heterocycles. The third-order valence-electron chi connectivity index (χ3n) is 4.29. The highest BCUT2D eigenvalue weighted by Crippen LogP contribution is 2.29. The van der Waals surface area contributed by atoms with Crippen LogP contribution >= 0.6 is 23.2 Å². The van der Waals surface area contributed by atoms with Crippen LogP contribution in [-0.4, -0.2) is 15.6 Å². The van der Waals surface area contributed by atoms with Crippen molar-refractivity contribution in [3.05, 3.63) is 68.4 Å². The molecule has 0 radical (unpaired) electrons. The second kappa shape index (κ2) is 8.03. The Morgan fingerprint density at radius 1 is 1.19 bits per heavy atom. The van der Waals surface area contributed by atoms with E-state index in [1.165, 1.54) is 16.7 Å². The van der Waals surface area contributed by atoms with Crippen molar-refractivity contribution in [3.63, 3.8) is 0 Å². The van der Waals surface area contributed by atoms with Crippen molar-refractivity contribution in [3.8, 4) is 5.75 Å². The number of rotatable bonds is 5. The lowest BCUT2D eigenvalue weighted by Gasteiger charge is -2.15. The van der Waals surface area contributed by atoms with Crippen LogP contribution < -0.4 is 10.9 Å². The van der Waals surface area contributed by atoms with Crippen molar-refractivity contribution in [2.75, 3.05) is 5.32 Å². The van der Waals surface area contributed by atoms with Crippen LogP contribution in [0, 0.1) is 0 Å². The van der Waals surface area contributed by atoms with Gasteiger partial charge in [-0.05, 0) is 36.8 Å². The zero-order valence-corrected chi connectivity index (χ0v) is 16.1. The van der Waals surface area contributed by atoms with Crippen LogP contribution in [0.4, 0.5) is 5.69 Å². The largest absolute Gasteiger partial charge is 0.506 e. The number of anilines is 1. The Balaban J connectivity index is 2.12. The number of carbonyl (C=O) groups is 1. The van der Waals surface area contributed by atoms with E-state index in [1.807, 2.05) is 6.92 Å². The highest BCUT2D eigenvalue weighted by molar-refractivity contribution is 6.36. The van der Waals surface area contributed by atoms with Gasteiger partial charge in [0.2, 0.25) is 0 Å². The van der Waals surface area contributed by atoms with Gasteiger partial charge in [0, 0.05) is 17.0 Å². The summed E-state index contributed by atoms with van der Waals surface area (Å²) in [5, 5.41) is 14.3. The number of carbonyl (C=O) groups excluding carboxylic acids is 1. The molecule has 0 spiro atoms. The number of nitrogens with one attached hydrogen (secondary N) is 1. The molecule has 2 aromatic carbocycles. The van der Waals surface area contributed by atoms with Gasteiger partial charge in [-0.15, -0.1) is 0 Å². The number of amides is 1. The molecule has 1 amide bonds. The SMILES string of the molecule is CCCCn1c(=O)c(C(=O)Nc2ccc(Cl)cc2Cl)c(O)c2ccccc21. The first kappa shape index (κ1) is 19.3. The van der Waals surface area contributed by atoms with Crippen LogP contribution in [0.15, 0.2) is 47.3 Å². The number of hydrogen-bond donors (Lipinski definition) is 2. The molecule has 0 aliphatic carbocycles. The standard InChI is InChI=1S/C20H18Cl2N2O3/c1-2-3-10-24-16-7-5-4-6-13(16)18(25)17(20(24)27)19(26)23-15-9-8-12(21)11-14(15)22/h4-9,11,25H,2-3,10H2,1H3,(H,23,26). The lowest BCUT2D eigenvalue weighted by molar-refractivity contribution is 0.102. The Labute approximate surface area is 166 Å². The summed E-state index contributed by atoms with van der Waals surface area (Å²) < 4.78 is 1.52. The van der Waals surface area contributed by atoms with Crippen molar-refractivity contribution >= 4 is 45.7 Å². The molecule has 0 saturated heterocycles. The van der Waals surface area contributed by atoms with Crippen LogP contribution in [0.1, 0.15) is 30.1 Å². The van der Waals surface area contributed by atoms with Crippen molar-refractivity contribution in [1.29, 1.82) is 0 Å². The number of aromatic nitrogens is 1. The molecule has 0 atom stereocenters. The van der Waals surface area contributed by atoms with E-state index in [9.17, 15) is 14.7 Å². The van der Waals surface area contributed by atoms with E-state index in [0.717, 1.165) is 12.8 Å². The third kappa shape index (κ3) is 3.80. The number of aromatic hydroxyl groups is 1. The minimum absolute atomic E-state index is 0.238. The van der Waals surface area contributed by atoms with Crippen LogP contribution in [-0.2, 0) is 6.54 Å². The molecule has 5 nitrogen and oxygen atoms in total. The van der Waals surface area contributed by atoms with Gasteiger partial charge in [-0.2, -0.15) is 0 Å². The molecular formula is C20H18Cl2N2O3. The number of fused-ring (bicyclic) bond motifs is 1. The molecule has 0 unspecified atom stereocenters. The summed E-state index contributed by atoms with van der Waals surface area (Å²) in [6.45, 7) is 2.47. The summed E-state index contributed by atoms with van der Waals surface area (Å²) >= 11 is 12.0. The van der Waals surface area contributed by atoms with Gasteiger partial charge in [0.05, 0.1) is 16.2 Å². The average Bonchev–Trinajstić information content (AvgIpc) is 2.64. The third-order valence-corrected chi connectivity index (χ3v) is 4.84. The van der Waals surface area contributed by atoms with Gasteiger partial charge >= 0.3 is 0 Å². The molecule has 0 bridgehead atoms. The Hall–Kier alpha value is -2.50. The van der Waals surface area contributed by atoms with E-state index in [1.54, 1.807) is 30.3 Å². The minimum atomic E-state index is -0.724. The maximum atomic E-state index is 13.0. The fraction of sp³-hybridized carbons (Fsp3) is 0.200. The van der Waals surface area contributed by atoms with Gasteiger partial charge < -0.3 is 15.0 Å². The fourth-order valence-corrected chi connectivity index (χ4v) is 3.36. The predicted molar refractivity (Wildman–Crippen MR) is 109 cm³/mol. The molecule has 3 aromatic rings. The van der Waals surface area contributed by atoms with Gasteiger partial charge in [0.1, 0.15) is 11.3 Å². The number of halogens is 2. The van der Waals surface area contributed by atoms with Crippen LogP contribution in [0.2, 0.25) is 10.0 Å². The number of unbranched alkanes of at least 4 members (excludes halogenated alkanes) is 1. The molecule has 140 valence electrons. The summed E-state index contributed by atoms with van der Waals surface area (Å²) in [4.78, 5) is 25.8. The molecular weight excluding hydrogens is 387 g/mol. The van der Waals surface area contributed by atoms with Gasteiger partial charge in [0.25, 0.3) is 11.5 Å². The second-order valence-corrected chi connectivity index (χ2v) is 6.97. The molecule has 1 aromatic heterocycles. The van der Waals surface area contributed by atoms with Gasteiger partial charge in [-0.1, -0.05) is 48.7 Å². The second-order valence-electron chi connectivity index (χ2n) is 6.13. The van der Waals surface area contributed by atoms with E-state index in [-0.39, 0.29) is 16.3 Å². The van der Waals surface area contributed by atoms with E-state index in [0.29, 0.717) is 28.2 Å². The van der Waals surface area contributed by atoms with Crippen molar-refractivity contribution in [1.82, 2.24) is 4.57 Å². The zero-order chi connectivity index (χ0) is 19.6. The maximum absolute atomic E-state index is 13.0. The number of pyridine rings is 1. The van der Waals surface area contributed by atoms with Gasteiger partial charge in [0.15, 0.2) is 0 Å². The van der Waals surface area contributed by atoms with Crippen molar-refractivity contribution < 1.29 is 9.90 Å². The molecule has 1 heterocycles. The van der Waals surface area contributed by atoms with E-state index in [2.05, 4.69) is 5.32 Å². The zero-order valence-electron chi connectivity index (χ0n) is 14.6. The molecule has 0 aliphatic rings. The van der Waals surface area contributed by atoms with Gasteiger partial charge in [-0.3, -0.25) is 9.59 Å². The number of hydrogen-bond acceptors (Lipinski definition) is 3. The van der Waals surface area contributed by atoms with Crippen LogP contribution in [0.5, 0.6) is 5.75 Å². The summed E-state index contributed by atoms with van der Waals surface area (Å²) in [6.07, 6.45) is 1.67. The minimum Gasteiger partial charge on any atom is -0.506 e. The smallest absolute Gasteiger partial charge is 0.267 e. The summed E-state index contributed by atoms with van der Waals surface area (Å²) in [5.74, 6) is -1.07. The molecule has 0 saturated carbocycles. The van der Waals surface area contributed by atoms with Gasteiger partial charge in [-0.25, -0.2) is 0 Å². The quantitative estimate of drug-likeness (QED) is 0.623. The molecule has 3 rings (SSSR count). The monoisotopic (exact) mass is 404 g/mol. The van der Waals surface area contributed by atoms with Crippen LogP contribution in [0.25, 0.3) is 10.9 Å². The lowest BCUT2D eigenvalue weighted by Crippen LogP contribution is -2.30.